The summed E-state index contributed by atoms with van der Waals surface area (Å²) in [6.07, 6.45) is 1.77. The number of rotatable bonds is 7. The number of methoxy groups -OCH3 is 1. The van der Waals surface area contributed by atoms with Crippen LogP contribution in [0.25, 0.3) is 0 Å². The number of nitrogens with one attached hydrogen (secondary N) is 1. The number of para-hydroxylation sites is 2. The van der Waals surface area contributed by atoms with Gasteiger partial charge in [-0.1, -0.05) is 12.1 Å². The maximum absolute atomic E-state index is 12.2. The highest BCUT2D eigenvalue weighted by atomic mass is 32.1. The van der Waals surface area contributed by atoms with Crippen LogP contribution in [0.4, 0.5) is 5.69 Å². The number of carbonyl (C=O) groups excluding carboxylic acids is 1. The molecule has 1 aliphatic heterocycles. The molecule has 25 heavy (non-hydrogen) atoms. The van der Waals surface area contributed by atoms with Crippen LogP contribution < -0.4 is 20.7 Å². The van der Waals surface area contributed by atoms with Gasteiger partial charge in [-0.05, 0) is 31.0 Å². The van der Waals surface area contributed by atoms with Crippen molar-refractivity contribution in [2.24, 2.45) is 11.7 Å². The van der Waals surface area contributed by atoms with Gasteiger partial charge in [0.25, 0.3) is 5.91 Å². The van der Waals surface area contributed by atoms with Crippen molar-refractivity contribution in [3.63, 3.8) is 0 Å². The molecule has 1 atom stereocenters. The van der Waals surface area contributed by atoms with E-state index in [0.29, 0.717) is 31.1 Å². The number of hydrogen-bond acceptors (Lipinski definition) is 6. The average molecular weight is 360 g/mol. The number of carbonyl (C=O) groups is 1. The molecule has 0 radical (unpaired) electrons. The summed E-state index contributed by atoms with van der Waals surface area (Å²) in [7, 11) is 1.69. The van der Waals surface area contributed by atoms with E-state index >= 15 is 0 Å². The molecule has 1 amide bonds. The van der Waals surface area contributed by atoms with Crippen molar-refractivity contribution in [2.75, 3.05) is 38.2 Å². The molecule has 1 aliphatic rings. The van der Waals surface area contributed by atoms with Gasteiger partial charge in [0.15, 0.2) is 0 Å². The molecule has 1 aromatic carbocycles. The van der Waals surface area contributed by atoms with Gasteiger partial charge in [0, 0.05) is 31.4 Å². The van der Waals surface area contributed by atoms with Crippen molar-refractivity contribution in [1.82, 2.24) is 10.3 Å². The molecule has 1 aromatic heterocycles. The van der Waals surface area contributed by atoms with Crippen LogP contribution in [0.5, 0.6) is 5.75 Å². The van der Waals surface area contributed by atoms with E-state index in [1.165, 1.54) is 11.3 Å². The molecule has 1 saturated heterocycles. The number of hydrogen-bond donors (Lipinski definition) is 2. The fourth-order valence-corrected chi connectivity index (χ4v) is 3.88. The Labute approximate surface area is 152 Å². The van der Waals surface area contributed by atoms with Gasteiger partial charge in [0.1, 0.15) is 11.4 Å². The Morgan fingerprint density at radius 3 is 3.12 bits per heavy atom. The molecule has 134 valence electrons. The monoisotopic (exact) mass is 360 g/mol. The molecule has 6 nitrogen and oxygen atoms in total. The third kappa shape index (κ3) is 4.29. The highest BCUT2D eigenvalue weighted by molar-refractivity contribution is 7.09. The maximum atomic E-state index is 12.2. The fourth-order valence-electron chi connectivity index (χ4n) is 3.09. The van der Waals surface area contributed by atoms with Gasteiger partial charge in [-0.25, -0.2) is 4.98 Å². The SMILES string of the molecule is COc1ccccc1N1CCC(CNC(=O)c2csc(CCN)n2)C1. The Bertz CT molecular complexity index is 719. The van der Waals surface area contributed by atoms with Crippen molar-refractivity contribution in [3.05, 3.63) is 40.3 Å². The smallest absolute Gasteiger partial charge is 0.270 e. The largest absolute Gasteiger partial charge is 0.495 e. The molecular weight excluding hydrogens is 336 g/mol. The second-order valence-corrected chi connectivity index (χ2v) is 7.09. The van der Waals surface area contributed by atoms with Crippen LogP contribution in [-0.2, 0) is 6.42 Å². The van der Waals surface area contributed by atoms with Gasteiger partial charge in [-0.3, -0.25) is 4.79 Å². The predicted octanol–water partition coefficient (Wildman–Crippen LogP) is 1.91. The lowest BCUT2D eigenvalue weighted by molar-refractivity contribution is 0.0944. The van der Waals surface area contributed by atoms with E-state index in [0.717, 1.165) is 36.0 Å². The molecule has 1 unspecified atom stereocenters. The molecule has 7 heteroatoms. The van der Waals surface area contributed by atoms with Crippen LogP contribution in [0.1, 0.15) is 21.9 Å². The van der Waals surface area contributed by atoms with Crippen LogP contribution in [0.3, 0.4) is 0 Å². The predicted molar refractivity (Wildman–Crippen MR) is 101 cm³/mol. The van der Waals surface area contributed by atoms with E-state index < -0.39 is 0 Å². The number of amides is 1. The lowest BCUT2D eigenvalue weighted by Crippen LogP contribution is -2.31. The molecule has 2 aromatic rings. The first-order chi connectivity index (χ1) is 12.2. The van der Waals surface area contributed by atoms with E-state index in [1.807, 2.05) is 18.2 Å². The van der Waals surface area contributed by atoms with Crippen LogP contribution in [0.2, 0.25) is 0 Å². The molecule has 0 saturated carbocycles. The minimum atomic E-state index is -0.102. The van der Waals surface area contributed by atoms with Crippen molar-refractivity contribution in [1.29, 1.82) is 0 Å². The third-order valence-electron chi connectivity index (χ3n) is 4.41. The van der Waals surface area contributed by atoms with Crippen LogP contribution in [0.15, 0.2) is 29.6 Å². The molecule has 2 heterocycles. The van der Waals surface area contributed by atoms with E-state index in [2.05, 4.69) is 21.3 Å². The van der Waals surface area contributed by atoms with Gasteiger partial charge < -0.3 is 20.7 Å². The number of benzene rings is 1. The summed E-state index contributed by atoms with van der Waals surface area (Å²) in [5, 5.41) is 5.73. The van der Waals surface area contributed by atoms with Crippen LogP contribution in [-0.4, -0.2) is 44.2 Å². The van der Waals surface area contributed by atoms with E-state index in [4.69, 9.17) is 10.5 Å². The second kappa shape index (κ2) is 8.31. The Balaban J connectivity index is 1.52. The van der Waals surface area contributed by atoms with Crippen LogP contribution >= 0.6 is 11.3 Å². The van der Waals surface area contributed by atoms with Gasteiger partial charge >= 0.3 is 0 Å². The number of ether oxygens (including phenoxy) is 1. The third-order valence-corrected chi connectivity index (χ3v) is 5.31. The van der Waals surface area contributed by atoms with E-state index in [1.54, 1.807) is 12.5 Å². The number of nitrogens with two attached hydrogens (primary N) is 1. The van der Waals surface area contributed by atoms with Gasteiger partial charge in [0.2, 0.25) is 0 Å². The molecule has 0 bridgehead atoms. The zero-order valence-corrected chi connectivity index (χ0v) is 15.2. The standard InChI is InChI=1S/C18H24N4O2S/c1-24-16-5-3-2-4-15(16)22-9-7-13(11-22)10-20-18(23)14-12-25-17(21-14)6-8-19/h2-5,12-13H,6-11,19H2,1H3,(H,20,23). The summed E-state index contributed by atoms with van der Waals surface area (Å²) >= 11 is 1.49. The van der Waals surface area contributed by atoms with Crippen molar-refractivity contribution >= 4 is 22.9 Å². The molecule has 1 fully saturated rings. The first-order valence-electron chi connectivity index (χ1n) is 8.52. The Kier molecular flexibility index (Phi) is 5.88. The number of nitrogens with zero attached hydrogens (tertiary/aromatic N) is 2. The maximum Gasteiger partial charge on any atom is 0.270 e. The summed E-state index contributed by atoms with van der Waals surface area (Å²) in [5.74, 6) is 1.22. The molecule has 3 N–H and O–H groups in total. The normalized spacial score (nSPS) is 16.9. The first-order valence-corrected chi connectivity index (χ1v) is 9.40. The lowest BCUT2D eigenvalue weighted by Gasteiger charge is -2.21. The van der Waals surface area contributed by atoms with Crippen molar-refractivity contribution in [2.45, 2.75) is 12.8 Å². The minimum absolute atomic E-state index is 0.102. The Morgan fingerprint density at radius 2 is 2.32 bits per heavy atom. The average Bonchev–Trinajstić information content (AvgIpc) is 3.29. The molecule has 0 spiro atoms. The van der Waals surface area contributed by atoms with E-state index in [-0.39, 0.29) is 5.91 Å². The summed E-state index contributed by atoms with van der Waals surface area (Å²) < 4.78 is 5.44. The van der Waals surface area contributed by atoms with Gasteiger partial charge in [0.05, 0.1) is 17.8 Å². The number of thiazole rings is 1. The summed E-state index contributed by atoms with van der Waals surface area (Å²) in [6.45, 7) is 3.10. The zero-order chi connectivity index (χ0) is 17.6. The summed E-state index contributed by atoms with van der Waals surface area (Å²) in [4.78, 5) is 18.9. The first kappa shape index (κ1) is 17.7. The lowest BCUT2D eigenvalue weighted by atomic mass is 10.1. The van der Waals surface area contributed by atoms with Gasteiger partial charge in [-0.2, -0.15) is 0 Å². The quantitative estimate of drug-likeness (QED) is 0.788. The minimum Gasteiger partial charge on any atom is -0.495 e. The van der Waals surface area contributed by atoms with Crippen molar-refractivity contribution < 1.29 is 9.53 Å². The molecular formula is C18H24N4O2S. The molecule has 3 rings (SSSR count). The summed E-state index contributed by atoms with van der Waals surface area (Å²) in [6, 6.07) is 8.05. The Morgan fingerprint density at radius 1 is 1.48 bits per heavy atom. The Hall–Kier alpha value is -2.12. The summed E-state index contributed by atoms with van der Waals surface area (Å²) in [5.41, 5.74) is 7.13. The fraction of sp³-hybridized carbons (Fsp3) is 0.444. The second-order valence-electron chi connectivity index (χ2n) is 6.15. The molecule has 0 aliphatic carbocycles. The number of anilines is 1. The van der Waals surface area contributed by atoms with E-state index in [9.17, 15) is 4.79 Å². The zero-order valence-electron chi connectivity index (χ0n) is 14.4. The van der Waals surface area contributed by atoms with Gasteiger partial charge in [-0.15, -0.1) is 11.3 Å². The van der Waals surface area contributed by atoms with Crippen LogP contribution in [0, 0.1) is 5.92 Å². The number of aromatic nitrogens is 1. The topological polar surface area (TPSA) is 80.5 Å². The highest BCUT2D eigenvalue weighted by Gasteiger charge is 2.25. The highest BCUT2D eigenvalue weighted by Crippen LogP contribution is 2.31. The van der Waals surface area contributed by atoms with Crippen molar-refractivity contribution in [3.8, 4) is 5.75 Å².